The predicted molar refractivity (Wildman–Crippen MR) is 124 cm³/mol. The molecule has 1 aromatic carbocycles. The normalized spacial score (nSPS) is 19.8. The Morgan fingerprint density at radius 2 is 1.77 bits per heavy atom. The molecule has 2 amide bonds. The maximum absolute atomic E-state index is 13.1. The minimum absolute atomic E-state index is 0.00252. The number of anilines is 1. The van der Waals surface area contributed by atoms with Gasteiger partial charge < -0.3 is 10.6 Å². The van der Waals surface area contributed by atoms with E-state index >= 15 is 0 Å². The van der Waals surface area contributed by atoms with E-state index in [-0.39, 0.29) is 34.8 Å². The van der Waals surface area contributed by atoms with Crippen molar-refractivity contribution in [1.82, 2.24) is 5.32 Å². The second-order valence-electron chi connectivity index (χ2n) is 9.42. The third-order valence-electron chi connectivity index (χ3n) is 5.96. The van der Waals surface area contributed by atoms with Crippen molar-refractivity contribution in [2.45, 2.75) is 57.9 Å². The van der Waals surface area contributed by atoms with E-state index in [1.165, 1.54) is 11.3 Å². The molecular weight excluding hydrogens is 432 g/mol. The van der Waals surface area contributed by atoms with E-state index < -0.39 is 9.84 Å². The molecule has 2 N–H and O–H groups in total. The average molecular weight is 461 g/mol. The molecule has 1 aliphatic heterocycles. The summed E-state index contributed by atoms with van der Waals surface area (Å²) in [5, 5.41) is 6.37. The van der Waals surface area contributed by atoms with Gasteiger partial charge in [-0.15, -0.1) is 11.3 Å². The zero-order valence-corrected chi connectivity index (χ0v) is 19.7. The second kappa shape index (κ2) is 8.06. The average Bonchev–Trinajstić information content (AvgIpc) is 3.35. The largest absolute Gasteiger partial charge is 0.348 e. The fraction of sp³-hybridized carbons (Fsp3) is 0.478. The number of thiophene rings is 1. The topological polar surface area (TPSA) is 92.3 Å². The number of aryl methyl sites for hydroxylation is 1. The second-order valence-corrected chi connectivity index (χ2v) is 12.8. The molecule has 6 nitrogen and oxygen atoms in total. The van der Waals surface area contributed by atoms with Crippen molar-refractivity contribution in [3.05, 3.63) is 51.4 Å². The van der Waals surface area contributed by atoms with E-state index in [2.05, 4.69) is 31.4 Å². The van der Waals surface area contributed by atoms with Gasteiger partial charge in [-0.2, -0.15) is 0 Å². The number of amides is 2. The molecule has 0 bridgehead atoms. The van der Waals surface area contributed by atoms with Crippen molar-refractivity contribution in [3.8, 4) is 0 Å². The Kier molecular flexibility index (Phi) is 5.72. The summed E-state index contributed by atoms with van der Waals surface area (Å²) in [5.41, 5.74) is 3.17. The van der Waals surface area contributed by atoms with E-state index in [1.54, 1.807) is 12.1 Å². The highest BCUT2D eigenvalue weighted by Crippen LogP contribution is 2.39. The van der Waals surface area contributed by atoms with Gasteiger partial charge in [0.25, 0.3) is 11.8 Å². The maximum atomic E-state index is 13.1. The quantitative estimate of drug-likeness (QED) is 0.728. The van der Waals surface area contributed by atoms with Crippen LogP contribution in [0.25, 0.3) is 0 Å². The molecule has 0 unspecified atom stereocenters. The lowest BCUT2D eigenvalue weighted by atomic mass is 9.87. The van der Waals surface area contributed by atoms with Gasteiger partial charge in [0.15, 0.2) is 9.84 Å². The van der Waals surface area contributed by atoms with Gasteiger partial charge in [-0.25, -0.2) is 8.42 Å². The number of nitrogens with one attached hydrogen (secondary N) is 2. The van der Waals surface area contributed by atoms with Crippen molar-refractivity contribution in [2.24, 2.45) is 0 Å². The van der Waals surface area contributed by atoms with Crippen LogP contribution in [0.3, 0.4) is 0 Å². The van der Waals surface area contributed by atoms with Crippen LogP contribution in [0, 0.1) is 0 Å². The van der Waals surface area contributed by atoms with Crippen molar-refractivity contribution < 1.29 is 18.0 Å². The zero-order valence-electron chi connectivity index (χ0n) is 18.1. The summed E-state index contributed by atoms with van der Waals surface area (Å²) in [4.78, 5) is 27.1. The van der Waals surface area contributed by atoms with E-state index in [9.17, 15) is 18.0 Å². The smallest absolute Gasteiger partial charge is 0.256 e. The molecule has 1 aromatic heterocycles. The van der Waals surface area contributed by atoms with Crippen LogP contribution in [-0.4, -0.2) is 37.8 Å². The molecule has 4 rings (SSSR count). The minimum Gasteiger partial charge on any atom is -0.348 e. The number of benzene rings is 1. The predicted octanol–water partition coefficient (Wildman–Crippen LogP) is 3.70. The Balaban J connectivity index is 1.55. The van der Waals surface area contributed by atoms with Crippen LogP contribution in [0.1, 0.15) is 70.3 Å². The summed E-state index contributed by atoms with van der Waals surface area (Å²) in [6.45, 7) is 6.36. The van der Waals surface area contributed by atoms with E-state index in [1.807, 2.05) is 12.1 Å². The lowest BCUT2D eigenvalue weighted by Gasteiger charge is -2.19. The lowest BCUT2D eigenvalue weighted by molar-refractivity contribution is 0.0941. The third-order valence-corrected chi connectivity index (χ3v) is 8.93. The summed E-state index contributed by atoms with van der Waals surface area (Å²) < 4.78 is 23.5. The number of fused-ring (bicyclic) bond motifs is 1. The molecule has 2 aromatic rings. The fourth-order valence-electron chi connectivity index (χ4n) is 4.20. The molecule has 1 aliphatic carbocycles. The van der Waals surface area contributed by atoms with Gasteiger partial charge in [0.2, 0.25) is 0 Å². The minimum atomic E-state index is -3.08. The molecule has 1 fully saturated rings. The molecule has 1 atom stereocenters. The summed E-state index contributed by atoms with van der Waals surface area (Å²) in [6, 6.07) is 7.15. The summed E-state index contributed by atoms with van der Waals surface area (Å²) in [6.07, 6.45) is 3.12. The van der Waals surface area contributed by atoms with Gasteiger partial charge in [0.05, 0.1) is 17.1 Å². The standard InChI is InChI=1S/C23H28N2O4S2/c1-23(2,3)15-9-7-14(8-10-15)20(26)25-22-19(17-5-4-6-18(17)30-22)21(27)24-16-11-12-31(28,29)13-16/h7-10,16H,4-6,11-13H2,1-3H3,(H,24,27)(H,25,26)/t16-/m0/s1. The Hall–Kier alpha value is -2.19. The molecule has 0 radical (unpaired) electrons. The number of rotatable bonds is 4. The maximum Gasteiger partial charge on any atom is 0.256 e. The van der Waals surface area contributed by atoms with Crippen molar-refractivity contribution in [1.29, 1.82) is 0 Å². The lowest BCUT2D eigenvalue weighted by Crippen LogP contribution is -2.36. The SMILES string of the molecule is CC(C)(C)c1ccc(C(=O)Nc2sc3c(c2C(=O)N[C@H]2CCS(=O)(=O)C2)CCC3)cc1. The molecule has 1 saturated heterocycles. The van der Waals surface area contributed by atoms with Gasteiger partial charge in [-0.3, -0.25) is 9.59 Å². The van der Waals surface area contributed by atoms with Crippen LogP contribution >= 0.6 is 11.3 Å². The van der Waals surface area contributed by atoms with Crippen LogP contribution in [0.5, 0.6) is 0 Å². The highest BCUT2D eigenvalue weighted by molar-refractivity contribution is 7.91. The Labute approximate surface area is 187 Å². The number of sulfone groups is 1. The van der Waals surface area contributed by atoms with Crippen LogP contribution < -0.4 is 10.6 Å². The Morgan fingerprint density at radius 3 is 2.39 bits per heavy atom. The van der Waals surface area contributed by atoms with Crippen molar-refractivity contribution >= 4 is 38.0 Å². The molecule has 0 saturated carbocycles. The number of carbonyl (C=O) groups is 2. The monoisotopic (exact) mass is 460 g/mol. The van der Waals surface area contributed by atoms with Gasteiger partial charge in [0, 0.05) is 16.5 Å². The molecule has 0 spiro atoms. The Bertz CT molecular complexity index is 1130. The van der Waals surface area contributed by atoms with E-state index in [0.717, 1.165) is 35.3 Å². The van der Waals surface area contributed by atoms with Crippen LogP contribution in [0.4, 0.5) is 5.00 Å². The third kappa shape index (κ3) is 4.70. The fourth-order valence-corrected chi connectivity index (χ4v) is 7.15. The highest BCUT2D eigenvalue weighted by atomic mass is 32.2. The van der Waals surface area contributed by atoms with Crippen molar-refractivity contribution in [2.75, 3.05) is 16.8 Å². The highest BCUT2D eigenvalue weighted by Gasteiger charge is 2.32. The van der Waals surface area contributed by atoms with Gasteiger partial charge >= 0.3 is 0 Å². The van der Waals surface area contributed by atoms with E-state index in [0.29, 0.717) is 22.5 Å². The summed E-state index contributed by atoms with van der Waals surface area (Å²) in [5.74, 6) is -0.460. The molecule has 8 heteroatoms. The molecular formula is C23H28N2O4S2. The number of carbonyl (C=O) groups excluding carboxylic acids is 2. The first-order chi connectivity index (χ1) is 14.5. The van der Waals surface area contributed by atoms with Crippen LogP contribution in [0.2, 0.25) is 0 Å². The first-order valence-electron chi connectivity index (χ1n) is 10.6. The Morgan fingerprint density at radius 1 is 1.06 bits per heavy atom. The van der Waals surface area contributed by atoms with Crippen molar-refractivity contribution in [3.63, 3.8) is 0 Å². The number of hydrogen-bond acceptors (Lipinski definition) is 5. The van der Waals surface area contributed by atoms with Crippen LogP contribution in [-0.2, 0) is 28.1 Å². The summed E-state index contributed by atoms with van der Waals surface area (Å²) in [7, 11) is -3.08. The van der Waals surface area contributed by atoms with E-state index in [4.69, 9.17) is 0 Å². The number of hydrogen-bond donors (Lipinski definition) is 2. The first kappa shape index (κ1) is 22.0. The zero-order chi connectivity index (χ0) is 22.4. The molecule has 2 aliphatic rings. The van der Waals surface area contributed by atoms with Gasteiger partial charge in [-0.1, -0.05) is 32.9 Å². The molecule has 31 heavy (non-hydrogen) atoms. The van der Waals surface area contributed by atoms with Crippen LogP contribution in [0.15, 0.2) is 24.3 Å². The molecule has 2 heterocycles. The summed E-state index contributed by atoms with van der Waals surface area (Å²) >= 11 is 1.45. The molecule has 166 valence electrons. The van der Waals surface area contributed by atoms with Gasteiger partial charge in [0.1, 0.15) is 5.00 Å². The van der Waals surface area contributed by atoms with Gasteiger partial charge in [-0.05, 0) is 54.4 Å². The first-order valence-corrected chi connectivity index (χ1v) is 13.2.